The molecule has 2 aliphatic heterocycles. The van der Waals surface area contributed by atoms with Crippen LogP contribution in [0.2, 0.25) is 0 Å². The number of morpholine rings is 1. The Hall–Kier alpha value is -0.360. The van der Waals surface area contributed by atoms with Gasteiger partial charge >= 0.3 is 0 Å². The molecule has 0 bridgehead atoms. The molecule has 3 aliphatic rings. The summed E-state index contributed by atoms with van der Waals surface area (Å²) in [7, 11) is 0. The van der Waals surface area contributed by atoms with Crippen LogP contribution in [0.3, 0.4) is 0 Å². The van der Waals surface area contributed by atoms with Crippen LogP contribution in [0, 0.1) is 11.3 Å². The number of nitrogens with zero attached hydrogens (tertiary/aromatic N) is 1. The van der Waals surface area contributed by atoms with E-state index in [-0.39, 0.29) is 18.3 Å². The van der Waals surface area contributed by atoms with Crippen LogP contribution in [0.15, 0.2) is 0 Å². The number of hydrogen-bond acceptors (Lipinski definition) is 4. The minimum absolute atomic E-state index is 0. The lowest BCUT2D eigenvalue weighted by molar-refractivity contribution is -0.121. The van der Waals surface area contributed by atoms with Crippen LogP contribution >= 0.6 is 12.4 Å². The highest BCUT2D eigenvalue weighted by molar-refractivity contribution is 5.85. The molecule has 2 heterocycles. The van der Waals surface area contributed by atoms with Gasteiger partial charge in [0.05, 0.1) is 13.2 Å². The van der Waals surface area contributed by atoms with Gasteiger partial charge in [0, 0.05) is 39.1 Å². The summed E-state index contributed by atoms with van der Waals surface area (Å²) in [6.07, 6.45) is 8.63. The van der Waals surface area contributed by atoms with Crippen molar-refractivity contribution < 1.29 is 9.53 Å². The van der Waals surface area contributed by atoms with Crippen LogP contribution in [-0.4, -0.2) is 63.3 Å². The second kappa shape index (κ2) is 9.95. The van der Waals surface area contributed by atoms with E-state index in [9.17, 15) is 4.79 Å². The highest BCUT2D eigenvalue weighted by Crippen LogP contribution is 2.46. The fourth-order valence-corrected chi connectivity index (χ4v) is 4.68. The molecule has 1 unspecified atom stereocenters. The molecule has 6 heteroatoms. The van der Waals surface area contributed by atoms with Crippen LogP contribution in [0.5, 0.6) is 0 Å². The van der Waals surface area contributed by atoms with Gasteiger partial charge in [-0.3, -0.25) is 9.69 Å². The van der Waals surface area contributed by atoms with Crippen molar-refractivity contribution in [3.8, 4) is 0 Å². The van der Waals surface area contributed by atoms with E-state index in [2.05, 4.69) is 15.5 Å². The van der Waals surface area contributed by atoms with Crippen LogP contribution in [-0.2, 0) is 9.53 Å². The second-order valence-corrected chi connectivity index (χ2v) is 7.59. The Kier molecular flexibility index (Phi) is 8.28. The molecule has 140 valence electrons. The molecule has 3 rings (SSSR count). The minimum Gasteiger partial charge on any atom is -0.379 e. The number of halogens is 1. The zero-order valence-electron chi connectivity index (χ0n) is 14.9. The fraction of sp³-hybridized carbons (Fsp3) is 0.944. The molecule has 1 atom stereocenters. The maximum atomic E-state index is 12.1. The quantitative estimate of drug-likeness (QED) is 0.759. The van der Waals surface area contributed by atoms with Gasteiger partial charge in [0.25, 0.3) is 0 Å². The van der Waals surface area contributed by atoms with Crippen molar-refractivity contribution in [1.82, 2.24) is 15.5 Å². The first-order valence-electron chi connectivity index (χ1n) is 9.56. The Morgan fingerprint density at radius 2 is 1.96 bits per heavy atom. The van der Waals surface area contributed by atoms with Gasteiger partial charge in [0.2, 0.25) is 5.91 Å². The summed E-state index contributed by atoms with van der Waals surface area (Å²) in [5.41, 5.74) is 0.506. The highest BCUT2D eigenvalue weighted by Gasteiger charge is 2.42. The zero-order chi connectivity index (χ0) is 16.0. The molecule has 1 spiro atoms. The molecule has 3 fully saturated rings. The van der Waals surface area contributed by atoms with Crippen LogP contribution in [0.25, 0.3) is 0 Å². The SMILES string of the molecule is Cl.O=C(CCC1CNCC12CCCCC2)NCCN1CCOCC1. The minimum atomic E-state index is 0. The zero-order valence-corrected chi connectivity index (χ0v) is 15.7. The lowest BCUT2D eigenvalue weighted by atomic mass is 9.66. The Morgan fingerprint density at radius 3 is 2.71 bits per heavy atom. The third kappa shape index (κ3) is 5.32. The van der Waals surface area contributed by atoms with Gasteiger partial charge in [-0.1, -0.05) is 19.3 Å². The van der Waals surface area contributed by atoms with Crippen LogP contribution in [0.1, 0.15) is 44.9 Å². The third-order valence-corrected chi connectivity index (χ3v) is 6.16. The average Bonchev–Trinajstić information content (AvgIpc) is 2.96. The molecule has 0 aromatic carbocycles. The largest absolute Gasteiger partial charge is 0.379 e. The normalized spacial score (nSPS) is 26.9. The summed E-state index contributed by atoms with van der Waals surface area (Å²) in [5.74, 6) is 0.934. The van der Waals surface area contributed by atoms with Gasteiger partial charge in [0.1, 0.15) is 0 Å². The summed E-state index contributed by atoms with van der Waals surface area (Å²) in [6.45, 7) is 7.64. The van der Waals surface area contributed by atoms with E-state index in [0.29, 0.717) is 17.8 Å². The molecule has 5 nitrogen and oxygen atoms in total. The summed E-state index contributed by atoms with van der Waals surface area (Å²) >= 11 is 0. The number of carbonyl (C=O) groups is 1. The van der Waals surface area contributed by atoms with Gasteiger partial charge in [-0.25, -0.2) is 0 Å². The standard InChI is InChI=1S/C18H33N3O2.ClH/c22-17(20-8-9-21-10-12-23-13-11-21)5-4-16-14-19-15-18(16)6-2-1-3-7-18;/h16,19H,1-15H2,(H,20,22);1H. The molecule has 0 aromatic heterocycles. The maximum absolute atomic E-state index is 12.1. The molecule has 24 heavy (non-hydrogen) atoms. The molecular formula is C18H34ClN3O2. The van der Waals surface area contributed by atoms with Gasteiger partial charge < -0.3 is 15.4 Å². The van der Waals surface area contributed by atoms with E-state index in [0.717, 1.165) is 52.4 Å². The Bertz CT molecular complexity index is 382. The molecule has 0 radical (unpaired) electrons. The van der Waals surface area contributed by atoms with Crippen molar-refractivity contribution in [2.24, 2.45) is 11.3 Å². The maximum Gasteiger partial charge on any atom is 0.220 e. The number of ether oxygens (including phenoxy) is 1. The van der Waals surface area contributed by atoms with E-state index in [1.165, 1.54) is 38.6 Å². The molecule has 1 aliphatic carbocycles. The number of rotatable bonds is 6. The molecule has 0 aromatic rings. The van der Waals surface area contributed by atoms with Crippen molar-refractivity contribution in [1.29, 1.82) is 0 Å². The van der Waals surface area contributed by atoms with Crippen LogP contribution in [0.4, 0.5) is 0 Å². The Morgan fingerprint density at radius 1 is 1.21 bits per heavy atom. The lowest BCUT2D eigenvalue weighted by Gasteiger charge is -2.38. The first-order valence-corrected chi connectivity index (χ1v) is 9.56. The van der Waals surface area contributed by atoms with Crippen molar-refractivity contribution in [3.05, 3.63) is 0 Å². The topological polar surface area (TPSA) is 53.6 Å². The first kappa shape index (κ1) is 20.0. The summed E-state index contributed by atoms with van der Waals surface area (Å²) in [5, 5.41) is 6.70. The van der Waals surface area contributed by atoms with E-state index in [4.69, 9.17) is 4.74 Å². The molecule has 1 saturated carbocycles. The lowest BCUT2D eigenvalue weighted by Crippen LogP contribution is -2.41. The molecule has 2 N–H and O–H groups in total. The fourth-order valence-electron chi connectivity index (χ4n) is 4.68. The van der Waals surface area contributed by atoms with Crippen molar-refractivity contribution in [2.75, 3.05) is 52.5 Å². The van der Waals surface area contributed by atoms with E-state index >= 15 is 0 Å². The van der Waals surface area contributed by atoms with E-state index < -0.39 is 0 Å². The Balaban J connectivity index is 0.00000208. The van der Waals surface area contributed by atoms with Gasteiger partial charge in [0.15, 0.2) is 0 Å². The van der Waals surface area contributed by atoms with Crippen LogP contribution < -0.4 is 10.6 Å². The number of carbonyl (C=O) groups excluding carboxylic acids is 1. The number of amides is 1. The Labute approximate surface area is 152 Å². The molecule has 2 saturated heterocycles. The van der Waals surface area contributed by atoms with Gasteiger partial charge in [-0.15, -0.1) is 12.4 Å². The molecular weight excluding hydrogens is 326 g/mol. The van der Waals surface area contributed by atoms with E-state index in [1.807, 2.05) is 0 Å². The average molecular weight is 360 g/mol. The molecule has 1 amide bonds. The predicted octanol–water partition coefficient (Wildman–Crippen LogP) is 1.81. The number of hydrogen-bond donors (Lipinski definition) is 2. The third-order valence-electron chi connectivity index (χ3n) is 6.16. The van der Waals surface area contributed by atoms with Crippen molar-refractivity contribution in [2.45, 2.75) is 44.9 Å². The monoisotopic (exact) mass is 359 g/mol. The van der Waals surface area contributed by atoms with E-state index in [1.54, 1.807) is 0 Å². The second-order valence-electron chi connectivity index (χ2n) is 7.59. The van der Waals surface area contributed by atoms with Gasteiger partial charge in [-0.2, -0.15) is 0 Å². The summed E-state index contributed by atoms with van der Waals surface area (Å²) in [4.78, 5) is 14.5. The summed E-state index contributed by atoms with van der Waals surface area (Å²) < 4.78 is 5.34. The van der Waals surface area contributed by atoms with Gasteiger partial charge in [-0.05, 0) is 37.1 Å². The highest BCUT2D eigenvalue weighted by atomic mass is 35.5. The smallest absolute Gasteiger partial charge is 0.220 e. The predicted molar refractivity (Wildman–Crippen MR) is 98.6 cm³/mol. The van der Waals surface area contributed by atoms with Crippen molar-refractivity contribution in [3.63, 3.8) is 0 Å². The van der Waals surface area contributed by atoms with Crippen molar-refractivity contribution >= 4 is 18.3 Å². The number of nitrogens with one attached hydrogen (secondary N) is 2. The first-order chi connectivity index (χ1) is 11.3. The summed E-state index contributed by atoms with van der Waals surface area (Å²) in [6, 6.07) is 0.